The van der Waals surface area contributed by atoms with Gasteiger partial charge in [-0.3, -0.25) is 9.48 Å². The lowest BCUT2D eigenvalue weighted by atomic mass is 10.1. The monoisotopic (exact) mass is 274 g/mol. The van der Waals surface area contributed by atoms with Crippen LogP contribution in [0.3, 0.4) is 0 Å². The molecule has 0 saturated heterocycles. The zero-order chi connectivity index (χ0) is 14.7. The second-order valence-electron chi connectivity index (χ2n) is 4.59. The van der Waals surface area contributed by atoms with Crippen LogP contribution < -0.4 is 10.5 Å². The first-order valence-corrected chi connectivity index (χ1v) is 6.32. The SMILES string of the molecule is CCn1cc(Oc2cc(N)ccc2C(=O)N(C)C)cn1. The fraction of sp³-hybridized carbons (Fsp3) is 0.286. The standard InChI is InChI=1S/C14H18N4O2/c1-4-18-9-11(8-16-18)20-13-7-10(15)5-6-12(13)14(19)17(2)3/h5-9H,4,15H2,1-3H3. The van der Waals surface area contributed by atoms with E-state index in [9.17, 15) is 4.79 Å². The summed E-state index contributed by atoms with van der Waals surface area (Å²) >= 11 is 0. The van der Waals surface area contributed by atoms with Crippen LogP contribution in [0.2, 0.25) is 0 Å². The van der Waals surface area contributed by atoms with E-state index in [1.165, 1.54) is 4.90 Å². The van der Waals surface area contributed by atoms with Crippen LogP contribution in [0.1, 0.15) is 17.3 Å². The molecule has 0 bridgehead atoms. The van der Waals surface area contributed by atoms with Crippen LogP contribution in [-0.2, 0) is 6.54 Å². The topological polar surface area (TPSA) is 73.4 Å². The summed E-state index contributed by atoms with van der Waals surface area (Å²) in [6.07, 6.45) is 3.38. The second-order valence-corrected chi connectivity index (χ2v) is 4.59. The van der Waals surface area contributed by atoms with Gasteiger partial charge in [-0.05, 0) is 19.1 Å². The summed E-state index contributed by atoms with van der Waals surface area (Å²) in [5.74, 6) is 0.868. The molecule has 0 aliphatic carbocycles. The van der Waals surface area contributed by atoms with E-state index in [0.29, 0.717) is 22.7 Å². The molecular weight excluding hydrogens is 256 g/mol. The quantitative estimate of drug-likeness (QED) is 0.865. The number of aromatic nitrogens is 2. The number of hydrogen-bond acceptors (Lipinski definition) is 4. The average molecular weight is 274 g/mol. The predicted molar refractivity (Wildman–Crippen MR) is 76.8 cm³/mol. The summed E-state index contributed by atoms with van der Waals surface area (Å²) in [5, 5.41) is 4.13. The number of ether oxygens (including phenoxy) is 1. The van der Waals surface area contributed by atoms with Crippen LogP contribution >= 0.6 is 0 Å². The third kappa shape index (κ3) is 2.90. The summed E-state index contributed by atoms with van der Waals surface area (Å²) in [6.45, 7) is 2.74. The van der Waals surface area contributed by atoms with Crippen molar-refractivity contribution in [3.63, 3.8) is 0 Å². The van der Waals surface area contributed by atoms with Crippen molar-refractivity contribution in [2.75, 3.05) is 19.8 Å². The molecule has 0 aliphatic heterocycles. The lowest BCUT2D eigenvalue weighted by Gasteiger charge is -2.14. The maximum atomic E-state index is 12.1. The molecule has 0 fully saturated rings. The fourth-order valence-electron chi connectivity index (χ4n) is 1.74. The Kier molecular flexibility index (Phi) is 3.93. The highest BCUT2D eigenvalue weighted by atomic mass is 16.5. The second kappa shape index (κ2) is 5.64. The van der Waals surface area contributed by atoms with Gasteiger partial charge in [0, 0.05) is 32.4 Å². The summed E-state index contributed by atoms with van der Waals surface area (Å²) < 4.78 is 7.48. The largest absolute Gasteiger partial charge is 0.453 e. The molecule has 0 spiro atoms. The van der Waals surface area contributed by atoms with Crippen molar-refractivity contribution in [3.05, 3.63) is 36.2 Å². The van der Waals surface area contributed by atoms with Gasteiger partial charge in [0.2, 0.25) is 0 Å². The minimum absolute atomic E-state index is 0.136. The first-order chi connectivity index (χ1) is 9.51. The average Bonchev–Trinajstić information content (AvgIpc) is 2.86. The molecule has 1 heterocycles. The molecular formula is C14H18N4O2. The van der Waals surface area contributed by atoms with Crippen molar-refractivity contribution in [2.24, 2.45) is 0 Å². The van der Waals surface area contributed by atoms with E-state index >= 15 is 0 Å². The van der Waals surface area contributed by atoms with Crippen molar-refractivity contribution in [2.45, 2.75) is 13.5 Å². The normalized spacial score (nSPS) is 10.3. The number of aryl methyl sites for hydroxylation is 1. The molecule has 0 unspecified atom stereocenters. The number of benzene rings is 1. The van der Waals surface area contributed by atoms with Crippen molar-refractivity contribution < 1.29 is 9.53 Å². The van der Waals surface area contributed by atoms with Gasteiger partial charge in [0.15, 0.2) is 5.75 Å². The molecule has 0 aliphatic rings. The third-order valence-electron chi connectivity index (χ3n) is 2.80. The molecule has 6 heteroatoms. The number of carbonyl (C=O) groups is 1. The van der Waals surface area contributed by atoms with Crippen LogP contribution in [0, 0.1) is 0 Å². The Labute approximate surface area is 117 Å². The summed E-state index contributed by atoms with van der Waals surface area (Å²) in [6, 6.07) is 4.98. The fourth-order valence-corrected chi connectivity index (χ4v) is 1.74. The molecule has 6 nitrogen and oxygen atoms in total. The minimum atomic E-state index is -0.136. The number of nitrogens with two attached hydrogens (primary N) is 1. The first-order valence-electron chi connectivity index (χ1n) is 6.32. The van der Waals surface area contributed by atoms with Gasteiger partial charge in [0.1, 0.15) is 5.75 Å². The van der Waals surface area contributed by atoms with Crippen molar-refractivity contribution >= 4 is 11.6 Å². The van der Waals surface area contributed by atoms with Gasteiger partial charge in [0.05, 0.1) is 18.0 Å². The van der Waals surface area contributed by atoms with Crippen molar-refractivity contribution in [3.8, 4) is 11.5 Å². The van der Waals surface area contributed by atoms with E-state index in [1.54, 1.807) is 49.4 Å². The van der Waals surface area contributed by atoms with Crippen LogP contribution in [0.25, 0.3) is 0 Å². The minimum Gasteiger partial charge on any atom is -0.453 e. The number of hydrogen-bond donors (Lipinski definition) is 1. The van der Waals surface area contributed by atoms with E-state index in [2.05, 4.69) is 5.10 Å². The van der Waals surface area contributed by atoms with Gasteiger partial charge in [-0.15, -0.1) is 0 Å². The lowest BCUT2D eigenvalue weighted by molar-refractivity contribution is 0.0825. The predicted octanol–water partition coefficient (Wildman–Crippen LogP) is 1.98. The Balaban J connectivity index is 2.34. The van der Waals surface area contributed by atoms with E-state index in [4.69, 9.17) is 10.5 Å². The Bertz CT molecular complexity index is 619. The Morgan fingerprint density at radius 2 is 2.20 bits per heavy atom. The number of nitrogen functional groups attached to an aromatic ring is 1. The maximum Gasteiger partial charge on any atom is 0.257 e. The number of nitrogens with zero attached hydrogens (tertiary/aromatic N) is 3. The molecule has 1 aromatic carbocycles. The van der Waals surface area contributed by atoms with Crippen LogP contribution in [-0.4, -0.2) is 34.7 Å². The highest BCUT2D eigenvalue weighted by molar-refractivity contribution is 5.97. The van der Waals surface area contributed by atoms with E-state index < -0.39 is 0 Å². The molecule has 2 N–H and O–H groups in total. The zero-order valence-electron chi connectivity index (χ0n) is 11.8. The molecule has 1 amide bonds. The number of amides is 1. The van der Waals surface area contributed by atoms with E-state index in [1.807, 2.05) is 6.92 Å². The summed E-state index contributed by atoms with van der Waals surface area (Å²) in [7, 11) is 3.38. The Morgan fingerprint density at radius 1 is 1.45 bits per heavy atom. The molecule has 106 valence electrons. The highest BCUT2D eigenvalue weighted by Gasteiger charge is 2.16. The Morgan fingerprint density at radius 3 is 2.80 bits per heavy atom. The van der Waals surface area contributed by atoms with Crippen molar-refractivity contribution in [1.29, 1.82) is 0 Å². The molecule has 2 aromatic rings. The number of anilines is 1. The molecule has 1 aromatic heterocycles. The molecule has 2 rings (SSSR count). The Hall–Kier alpha value is -2.50. The summed E-state index contributed by atoms with van der Waals surface area (Å²) in [4.78, 5) is 13.6. The van der Waals surface area contributed by atoms with E-state index in [-0.39, 0.29) is 5.91 Å². The third-order valence-corrected chi connectivity index (χ3v) is 2.80. The van der Waals surface area contributed by atoms with Gasteiger partial charge in [-0.1, -0.05) is 0 Å². The smallest absolute Gasteiger partial charge is 0.257 e. The van der Waals surface area contributed by atoms with Gasteiger partial charge in [0.25, 0.3) is 5.91 Å². The van der Waals surface area contributed by atoms with Crippen molar-refractivity contribution in [1.82, 2.24) is 14.7 Å². The van der Waals surface area contributed by atoms with Crippen LogP contribution in [0.15, 0.2) is 30.6 Å². The van der Waals surface area contributed by atoms with Gasteiger partial charge >= 0.3 is 0 Å². The molecule has 0 atom stereocenters. The first kappa shape index (κ1) is 13.9. The zero-order valence-corrected chi connectivity index (χ0v) is 11.8. The molecule has 0 saturated carbocycles. The number of rotatable bonds is 4. The number of carbonyl (C=O) groups excluding carboxylic acids is 1. The lowest BCUT2D eigenvalue weighted by Crippen LogP contribution is -2.22. The molecule has 0 radical (unpaired) electrons. The van der Waals surface area contributed by atoms with Gasteiger partial charge in [-0.25, -0.2) is 0 Å². The van der Waals surface area contributed by atoms with Gasteiger partial charge < -0.3 is 15.4 Å². The van der Waals surface area contributed by atoms with Gasteiger partial charge in [-0.2, -0.15) is 5.10 Å². The summed E-state index contributed by atoms with van der Waals surface area (Å²) in [5.41, 5.74) is 6.77. The van der Waals surface area contributed by atoms with E-state index in [0.717, 1.165) is 6.54 Å². The maximum absolute atomic E-state index is 12.1. The molecule has 20 heavy (non-hydrogen) atoms. The van der Waals surface area contributed by atoms with Crippen LogP contribution in [0.5, 0.6) is 11.5 Å². The highest BCUT2D eigenvalue weighted by Crippen LogP contribution is 2.28. The van der Waals surface area contributed by atoms with Crippen LogP contribution in [0.4, 0.5) is 5.69 Å².